The highest BCUT2D eigenvalue weighted by molar-refractivity contribution is 5.94. The molecule has 0 bridgehead atoms. The molecule has 18 heavy (non-hydrogen) atoms. The summed E-state index contributed by atoms with van der Waals surface area (Å²) in [7, 11) is 0. The topological polar surface area (TPSA) is 46.9 Å². The van der Waals surface area contributed by atoms with Gasteiger partial charge in [0.2, 0.25) is 0 Å². The maximum absolute atomic E-state index is 13.3. The average Bonchev–Trinajstić information content (AvgIpc) is 2.85. The Morgan fingerprint density at radius 1 is 1.39 bits per heavy atom. The predicted octanol–water partition coefficient (Wildman–Crippen LogP) is 1.59. The summed E-state index contributed by atoms with van der Waals surface area (Å²) in [6, 6.07) is 4.53. The van der Waals surface area contributed by atoms with Crippen LogP contribution in [0.3, 0.4) is 0 Å². The molecule has 0 saturated carbocycles. The molecule has 94 valence electrons. The van der Waals surface area contributed by atoms with Crippen LogP contribution in [0.2, 0.25) is 0 Å². The Morgan fingerprint density at radius 2 is 2.22 bits per heavy atom. The average molecular weight is 251 g/mol. The predicted molar refractivity (Wildman–Crippen MR) is 60.9 cm³/mol. The lowest BCUT2D eigenvalue weighted by atomic mass is 10.2. The number of rotatable bonds is 4. The van der Waals surface area contributed by atoms with Crippen molar-refractivity contribution in [2.24, 2.45) is 0 Å². The number of halogens is 2. The van der Waals surface area contributed by atoms with E-state index in [0.717, 1.165) is 18.2 Å². The first-order chi connectivity index (χ1) is 8.66. The van der Waals surface area contributed by atoms with E-state index in [4.69, 9.17) is 0 Å². The fourth-order valence-electron chi connectivity index (χ4n) is 1.48. The molecule has 0 aliphatic rings. The SMILES string of the molecule is O=C(NCCn1cccn1)c1cc(F)ccc1F. The fourth-order valence-corrected chi connectivity index (χ4v) is 1.48. The lowest BCUT2D eigenvalue weighted by Gasteiger charge is -2.06. The molecular weight excluding hydrogens is 240 g/mol. The van der Waals surface area contributed by atoms with E-state index in [1.54, 1.807) is 23.1 Å². The number of carbonyl (C=O) groups is 1. The van der Waals surface area contributed by atoms with Gasteiger partial charge < -0.3 is 5.32 Å². The fraction of sp³-hybridized carbons (Fsp3) is 0.167. The number of nitrogens with one attached hydrogen (secondary N) is 1. The zero-order valence-corrected chi connectivity index (χ0v) is 9.44. The highest BCUT2D eigenvalue weighted by Gasteiger charge is 2.11. The number of hydrogen-bond acceptors (Lipinski definition) is 2. The van der Waals surface area contributed by atoms with E-state index < -0.39 is 17.5 Å². The van der Waals surface area contributed by atoms with Crippen LogP contribution in [0.1, 0.15) is 10.4 Å². The normalized spacial score (nSPS) is 10.3. The summed E-state index contributed by atoms with van der Waals surface area (Å²) in [6.07, 6.45) is 3.36. The summed E-state index contributed by atoms with van der Waals surface area (Å²) in [5.74, 6) is -2.03. The summed E-state index contributed by atoms with van der Waals surface area (Å²) in [6.45, 7) is 0.756. The summed E-state index contributed by atoms with van der Waals surface area (Å²) in [5.41, 5.74) is -0.296. The van der Waals surface area contributed by atoms with Crippen LogP contribution in [0.15, 0.2) is 36.7 Å². The van der Waals surface area contributed by atoms with Crippen LogP contribution in [0.25, 0.3) is 0 Å². The minimum Gasteiger partial charge on any atom is -0.350 e. The molecule has 0 fully saturated rings. The van der Waals surface area contributed by atoms with Gasteiger partial charge in [0.1, 0.15) is 11.6 Å². The van der Waals surface area contributed by atoms with Crippen LogP contribution < -0.4 is 5.32 Å². The minimum absolute atomic E-state index is 0.288. The van der Waals surface area contributed by atoms with Crippen molar-refractivity contribution in [3.8, 4) is 0 Å². The molecule has 1 heterocycles. The second kappa shape index (κ2) is 5.39. The maximum atomic E-state index is 13.3. The Bertz CT molecular complexity index is 540. The van der Waals surface area contributed by atoms with Crippen LogP contribution in [0.5, 0.6) is 0 Å². The third kappa shape index (κ3) is 2.91. The van der Waals surface area contributed by atoms with Gasteiger partial charge in [-0.15, -0.1) is 0 Å². The van der Waals surface area contributed by atoms with Crippen molar-refractivity contribution in [1.82, 2.24) is 15.1 Å². The summed E-state index contributed by atoms with van der Waals surface area (Å²) >= 11 is 0. The minimum atomic E-state index is -0.743. The van der Waals surface area contributed by atoms with Crippen molar-refractivity contribution in [1.29, 1.82) is 0 Å². The molecule has 2 rings (SSSR count). The van der Waals surface area contributed by atoms with Crippen molar-refractivity contribution >= 4 is 5.91 Å². The summed E-state index contributed by atoms with van der Waals surface area (Å²) < 4.78 is 27.8. The molecular formula is C12H11F2N3O. The summed E-state index contributed by atoms with van der Waals surface area (Å²) in [5, 5.41) is 6.45. The van der Waals surface area contributed by atoms with Gasteiger partial charge in [0, 0.05) is 18.9 Å². The van der Waals surface area contributed by atoms with Crippen LogP contribution in [-0.2, 0) is 6.54 Å². The number of carbonyl (C=O) groups excluding carboxylic acids is 1. The van der Waals surface area contributed by atoms with Crippen LogP contribution >= 0.6 is 0 Å². The van der Waals surface area contributed by atoms with Gasteiger partial charge in [0.15, 0.2) is 0 Å². The Labute approximate surface area is 102 Å². The zero-order chi connectivity index (χ0) is 13.0. The van der Waals surface area contributed by atoms with E-state index in [9.17, 15) is 13.6 Å². The lowest BCUT2D eigenvalue weighted by molar-refractivity contribution is 0.0947. The van der Waals surface area contributed by atoms with Gasteiger partial charge >= 0.3 is 0 Å². The van der Waals surface area contributed by atoms with Gasteiger partial charge in [0.25, 0.3) is 5.91 Å². The first kappa shape index (κ1) is 12.2. The summed E-state index contributed by atoms with van der Waals surface area (Å²) in [4.78, 5) is 11.6. The molecule has 0 aliphatic heterocycles. The van der Waals surface area contributed by atoms with Crippen molar-refractivity contribution in [3.63, 3.8) is 0 Å². The number of aromatic nitrogens is 2. The van der Waals surface area contributed by atoms with Crippen LogP contribution in [-0.4, -0.2) is 22.2 Å². The number of amides is 1. The molecule has 0 aliphatic carbocycles. The van der Waals surface area contributed by atoms with Crippen LogP contribution in [0.4, 0.5) is 8.78 Å². The third-order valence-electron chi connectivity index (χ3n) is 2.36. The molecule has 0 spiro atoms. The highest BCUT2D eigenvalue weighted by Crippen LogP contribution is 2.09. The maximum Gasteiger partial charge on any atom is 0.254 e. The van der Waals surface area contributed by atoms with Gasteiger partial charge in [0.05, 0.1) is 12.1 Å². The van der Waals surface area contributed by atoms with Crippen LogP contribution in [0, 0.1) is 11.6 Å². The van der Waals surface area contributed by atoms with Gasteiger partial charge in [-0.1, -0.05) is 0 Å². The van der Waals surface area contributed by atoms with E-state index in [2.05, 4.69) is 10.4 Å². The number of benzene rings is 1. The van der Waals surface area contributed by atoms with E-state index in [1.165, 1.54) is 0 Å². The van der Waals surface area contributed by atoms with E-state index >= 15 is 0 Å². The van der Waals surface area contributed by atoms with Gasteiger partial charge in [-0.3, -0.25) is 9.48 Å². The molecule has 2 aromatic rings. The van der Waals surface area contributed by atoms with E-state index in [1.807, 2.05) is 0 Å². The van der Waals surface area contributed by atoms with Crippen molar-refractivity contribution < 1.29 is 13.6 Å². The molecule has 1 amide bonds. The second-order valence-electron chi connectivity index (χ2n) is 3.65. The van der Waals surface area contributed by atoms with Crippen molar-refractivity contribution in [2.75, 3.05) is 6.54 Å². The highest BCUT2D eigenvalue weighted by atomic mass is 19.1. The van der Waals surface area contributed by atoms with Gasteiger partial charge in [-0.05, 0) is 24.3 Å². The van der Waals surface area contributed by atoms with Crippen molar-refractivity contribution in [2.45, 2.75) is 6.54 Å². The molecule has 6 heteroatoms. The molecule has 0 saturated heterocycles. The second-order valence-corrected chi connectivity index (χ2v) is 3.65. The Morgan fingerprint density at radius 3 is 2.94 bits per heavy atom. The number of hydrogen-bond donors (Lipinski definition) is 1. The van der Waals surface area contributed by atoms with Crippen molar-refractivity contribution in [3.05, 3.63) is 53.9 Å². The standard InChI is InChI=1S/C12H11F2N3O/c13-9-2-3-11(14)10(8-9)12(18)15-5-7-17-6-1-4-16-17/h1-4,6,8H,5,7H2,(H,15,18). The molecule has 0 atom stereocenters. The van der Waals surface area contributed by atoms with E-state index in [0.29, 0.717) is 6.54 Å². The molecule has 4 nitrogen and oxygen atoms in total. The van der Waals surface area contributed by atoms with Gasteiger partial charge in [-0.2, -0.15) is 5.10 Å². The Hall–Kier alpha value is -2.24. The first-order valence-corrected chi connectivity index (χ1v) is 5.37. The largest absolute Gasteiger partial charge is 0.350 e. The van der Waals surface area contributed by atoms with Gasteiger partial charge in [-0.25, -0.2) is 8.78 Å². The Balaban J connectivity index is 1.93. The molecule has 1 aromatic carbocycles. The molecule has 1 N–H and O–H groups in total. The zero-order valence-electron chi connectivity index (χ0n) is 9.44. The quantitative estimate of drug-likeness (QED) is 0.897. The third-order valence-corrected chi connectivity index (χ3v) is 2.36. The smallest absolute Gasteiger partial charge is 0.254 e. The monoisotopic (exact) mass is 251 g/mol. The first-order valence-electron chi connectivity index (χ1n) is 5.37. The Kier molecular flexibility index (Phi) is 3.66. The number of nitrogens with zero attached hydrogens (tertiary/aromatic N) is 2. The van der Waals surface area contributed by atoms with E-state index in [-0.39, 0.29) is 12.1 Å². The molecule has 1 aromatic heterocycles. The molecule has 0 unspecified atom stereocenters. The molecule has 0 radical (unpaired) electrons. The lowest BCUT2D eigenvalue weighted by Crippen LogP contribution is -2.28.